The van der Waals surface area contributed by atoms with E-state index in [0.717, 1.165) is 18.4 Å². The number of hydrogen-bond acceptors (Lipinski definition) is 4. The highest BCUT2D eigenvalue weighted by molar-refractivity contribution is 6.31. The fourth-order valence-corrected chi connectivity index (χ4v) is 1.67. The van der Waals surface area contributed by atoms with Gasteiger partial charge in [-0.05, 0) is 43.5 Å². The van der Waals surface area contributed by atoms with Crippen molar-refractivity contribution in [1.29, 1.82) is 0 Å². The molecule has 0 bridgehead atoms. The smallest absolute Gasteiger partial charge is 0.311 e. The van der Waals surface area contributed by atoms with Gasteiger partial charge < -0.3 is 9.47 Å². The number of halogens is 1. The second kappa shape index (κ2) is 9.19. The van der Waals surface area contributed by atoms with E-state index in [2.05, 4.69) is 6.58 Å². The Hall–Kier alpha value is -1.81. The Balaban J connectivity index is 2.28. The van der Waals surface area contributed by atoms with Crippen LogP contribution in [-0.4, -0.2) is 18.5 Å². The van der Waals surface area contributed by atoms with Gasteiger partial charge in [-0.25, -0.2) is 0 Å². The van der Waals surface area contributed by atoms with Crippen molar-refractivity contribution in [2.75, 3.05) is 6.61 Å². The minimum absolute atomic E-state index is 0.0119. The lowest BCUT2D eigenvalue weighted by Crippen LogP contribution is -2.12. The van der Waals surface area contributed by atoms with Crippen molar-refractivity contribution in [3.8, 4) is 5.75 Å². The zero-order valence-electron chi connectivity index (χ0n) is 12.1. The third-order valence-corrected chi connectivity index (χ3v) is 3.13. The van der Waals surface area contributed by atoms with Crippen molar-refractivity contribution >= 4 is 23.5 Å². The highest BCUT2D eigenvalue weighted by Crippen LogP contribution is 2.21. The number of allylic oxidation sites excluding steroid dienone is 1. The maximum Gasteiger partial charge on any atom is 0.311 e. The maximum atomic E-state index is 11.6. The molecule has 0 N–H and O–H groups in total. The first-order valence-corrected chi connectivity index (χ1v) is 7.14. The van der Waals surface area contributed by atoms with E-state index >= 15 is 0 Å². The molecule has 114 valence electrons. The molecule has 0 radical (unpaired) electrons. The van der Waals surface area contributed by atoms with Crippen molar-refractivity contribution in [3.63, 3.8) is 0 Å². The molecule has 0 unspecified atom stereocenters. The molecule has 0 aliphatic heterocycles. The van der Waals surface area contributed by atoms with Gasteiger partial charge >= 0.3 is 11.9 Å². The molecule has 0 spiro atoms. The van der Waals surface area contributed by atoms with Crippen LogP contribution < -0.4 is 4.74 Å². The van der Waals surface area contributed by atoms with Crippen LogP contribution in [-0.2, 0) is 14.3 Å². The number of benzene rings is 1. The zero-order valence-corrected chi connectivity index (χ0v) is 12.8. The monoisotopic (exact) mass is 310 g/mol. The number of carbonyl (C=O) groups excluding carboxylic acids is 2. The highest BCUT2D eigenvalue weighted by atomic mass is 35.5. The molecule has 0 amide bonds. The number of carbonyl (C=O) groups is 2. The fourth-order valence-electron chi connectivity index (χ4n) is 1.55. The summed E-state index contributed by atoms with van der Waals surface area (Å²) < 4.78 is 10.1. The molecular formula is C16H19ClO4. The standard InChI is InChI=1S/C16H19ClO4/c1-3-4-5-10-20-15(18)8-9-16(19)21-13-6-7-14(17)12(2)11-13/h3,6-7,11H,1,4-5,8-10H2,2H3. The van der Waals surface area contributed by atoms with Crippen LogP contribution in [0.5, 0.6) is 5.75 Å². The molecule has 0 aliphatic carbocycles. The predicted octanol–water partition coefficient (Wildman–Crippen LogP) is 3.84. The molecule has 1 rings (SSSR count). The summed E-state index contributed by atoms with van der Waals surface area (Å²) in [5.41, 5.74) is 0.823. The summed E-state index contributed by atoms with van der Waals surface area (Å²) >= 11 is 5.88. The Labute approximate surface area is 129 Å². The minimum Gasteiger partial charge on any atom is -0.466 e. The molecular weight excluding hydrogens is 292 g/mol. The second-order valence-corrected chi connectivity index (χ2v) is 4.94. The Morgan fingerprint density at radius 3 is 2.67 bits per heavy atom. The van der Waals surface area contributed by atoms with E-state index in [1.165, 1.54) is 0 Å². The van der Waals surface area contributed by atoms with Gasteiger partial charge in [-0.1, -0.05) is 17.7 Å². The van der Waals surface area contributed by atoms with Crippen LogP contribution in [0.1, 0.15) is 31.2 Å². The molecule has 0 saturated heterocycles. The van der Waals surface area contributed by atoms with E-state index in [9.17, 15) is 9.59 Å². The van der Waals surface area contributed by atoms with Crippen LogP contribution in [0.4, 0.5) is 0 Å². The van der Waals surface area contributed by atoms with Gasteiger partial charge in [-0.3, -0.25) is 9.59 Å². The first kappa shape index (κ1) is 17.2. The zero-order chi connectivity index (χ0) is 15.7. The van der Waals surface area contributed by atoms with Crippen molar-refractivity contribution < 1.29 is 19.1 Å². The number of ether oxygens (including phenoxy) is 2. The Kier molecular flexibility index (Phi) is 7.54. The van der Waals surface area contributed by atoms with E-state index in [1.807, 2.05) is 6.92 Å². The van der Waals surface area contributed by atoms with Crippen molar-refractivity contribution in [2.45, 2.75) is 32.6 Å². The Morgan fingerprint density at radius 1 is 1.29 bits per heavy atom. The molecule has 0 atom stereocenters. The Morgan fingerprint density at radius 2 is 2.00 bits per heavy atom. The molecule has 0 fully saturated rings. The summed E-state index contributed by atoms with van der Waals surface area (Å²) in [6.45, 7) is 5.74. The van der Waals surface area contributed by atoms with Crippen LogP contribution in [0.25, 0.3) is 0 Å². The highest BCUT2D eigenvalue weighted by Gasteiger charge is 2.10. The largest absolute Gasteiger partial charge is 0.466 e. The van der Waals surface area contributed by atoms with Gasteiger partial charge in [0.1, 0.15) is 5.75 Å². The Bertz CT molecular complexity index is 511. The molecule has 1 aromatic rings. The van der Waals surface area contributed by atoms with Crippen LogP contribution in [0.2, 0.25) is 5.02 Å². The molecule has 4 nitrogen and oxygen atoms in total. The van der Waals surface area contributed by atoms with Gasteiger partial charge in [0.05, 0.1) is 19.4 Å². The van der Waals surface area contributed by atoms with Crippen LogP contribution in [0, 0.1) is 6.92 Å². The average molecular weight is 311 g/mol. The first-order valence-electron chi connectivity index (χ1n) is 6.76. The normalized spacial score (nSPS) is 10.0. The van der Waals surface area contributed by atoms with E-state index in [0.29, 0.717) is 17.4 Å². The molecule has 0 aromatic heterocycles. The topological polar surface area (TPSA) is 52.6 Å². The summed E-state index contributed by atoms with van der Waals surface area (Å²) in [5.74, 6) is -0.454. The van der Waals surface area contributed by atoms with Crippen LogP contribution >= 0.6 is 11.6 Å². The average Bonchev–Trinajstić information content (AvgIpc) is 2.45. The molecule has 0 heterocycles. The lowest BCUT2D eigenvalue weighted by Gasteiger charge is -2.06. The first-order chi connectivity index (χ1) is 10.0. The summed E-state index contributed by atoms with van der Waals surface area (Å²) in [7, 11) is 0. The summed E-state index contributed by atoms with van der Waals surface area (Å²) in [5, 5.41) is 0.609. The summed E-state index contributed by atoms with van der Waals surface area (Å²) in [6.07, 6.45) is 3.30. The summed E-state index contributed by atoms with van der Waals surface area (Å²) in [6, 6.07) is 4.95. The third-order valence-electron chi connectivity index (χ3n) is 2.71. The van der Waals surface area contributed by atoms with Crippen molar-refractivity contribution in [2.24, 2.45) is 0 Å². The second-order valence-electron chi connectivity index (χ2n) is 4.54. The maximum absolute atomic E-state index is 11.6. The van der Waals surface area contributed by atoms with Gasteiger partial charge in [0.15, 0.2) is 0 Å². The number of unbranched alkanes of at least 4 members (excludes halogenated alkanes) is 1. The molecule has 0 aliphatic rings. The van der Waals surface area contributed by atoms with E-state index in [-0.39, 0.29) is 12.8 Å². The van der Waals surface area contributed by atoms with Gasteiger partial charge in [0, 0.05) is 5.02 Å². The van der Waals surface area contributed by atoms with Crippen LogP contribution in [0.3, 0.4) is 0 Å². The number of esters is 2. The van der Waals surface area contributed by atoms with E-state index < -0.39 is 11.9 Å². The van der Waals surface area contributed by atoms with Gasteiger partial charge in [-0.2, -0.15) is 0 Å². The third kappa shape index (κ3) is 6.95. The van der Waals surface area contributed by atoms with Crippen molar-refractivity contribution in [3.05, 3.63) is 41.4 Å². The van der Waals surface area contributed by atoms with E-state index in [1.54, 1.807) is 24.3 Å². The molecule has 5 heteroatoms. The van der Waals surface area contributed by atoms with Gasteiger partial charge in [-0.15, -0.1) is 6.58 Å². The molecule has 21 heavy (non-hydrogen) atoms. The van der Waals surface area contributed by atoms with Crippen LogP contribution in [0.15, 0.2) is 30.9 Å². The number of hydrogen-bond donors (Lipinski definition) is 0. The predicted molar refractivity (Wildman–Crippen MR) is 81.4 cm³/mol. The molecule has 1 aromatic carbocycles. The molecule has 0 saturated carbocycles. The SMILES string of the molecule is C=CCCCOC(=O)CCC(=O)Oc1ccc(Cl)c(C)c1. The lowest BCUT2D eigenvalue weighted by molar-refractivity contribution is -0.147. The summed E-state index contributed by atoms with van der Waals surface area (Å²) in [4.78, 5) is 23.0. The van der Waals surface area contributed by atoms with Gasteiger partial charge in [0.2, 0.25) is 0 Å². The fraction of sp³-hybridized carbons (Fsp3) is 0.375. The lowest BCUT2D eigenvalue weighted by atomic mass is 10.2. The van der Waals surface area contributed by atoms with Gasteiger partial charge in [0.25, 0.3) is 0 Å². The number of aryl methyl sites for hydroxylation is 1. The van der Waals surface area contributed by atoms with Crippen molar-refractivity contribution in [1.82, 2.24) is 0 Å². The number of rotatable bonds is 8. The minimum atomic E-state index is -0.472. The quantitative estimate of drug-likeness (QED) is 0.317. The van der Waals surface area contributed by atoms with E-state index in [4.69, 9.17) is 21.1 Å².